The smallest absolute Gasteiger partial charge is 0.254 e. The number of nitrogens with zero attached hydrogens (tertiary/aromatic N) is 2. The Morgan fingerprint density at radius 2 is 1.77 bits per heavy atom. The number of aliphatic hydroxyl groups excluding tert-OH is 1. The Morgan fingerprint density at radius 3 is 2.43 bits per heavy atom. The van der Waals surface area contributed by atoms with Gasteiger partial charge in [0.05, 0.1) is 18.4 Å². The monoisotopic (exact) mass is 471 g/mol. The van der Waals surface area contributed by atoms with E-state index in [0.717, 1.165) is 16.7 Å². The average molecular weight is 472 g/mol. The van der Waals surface area contributed by atoms with E-state index in [4.69, 9.17) is 4.84 Å². The normalized spacial score (nSPS) is 17.3. The molecule has 4 rings (SSSR count). The molecule has 0 unspecified atom stereocenters. The molecule has 0 aliphatic carbocycles. The second kappa shape index (κ2) is 11.0. The van der Waals surface area contributed by atoms with Gasteiger partial charge >= 0.3 is 0 Å². The summed E-state index contributed by atoms with van der Waals surface area (Å²) in [7, 11) is 1.44. The molecule has 0 aromatic heterocycles. The Hall–Kier alpha value is -3.97. The van der Waals surface area contributed by atoms with Gasteiger partial charge in [-0.3, -0.25) is 9.59 Å². The summed E-state index contributed by atoms with van der Waals surface area (Å²) in [5.74, 6) is -0.593. The van der Waals surface area contributed by atoms with Crippen molar-refractivity contribution >= 4 is 17.5 Å². The SMILES string of the molecule is CO/N=C1\C[C@@H](C(=O)NC[C@H](O)c2ccccc2)N(C(=O)c2ccc(-c3ccccc3)c(C)c2)C1. The van der Waals surface area contributed by atoms with Gasteiger partial charge in [-0.15, -0.1) is 0 Å². The van der Waals surface area contributed by atoms with Crippen molar-refractivity contribution in [1.29, 1.82) is 0 Å². The van der Waals surface area contributed by atoms with Crippen LogP contribution in [-0.2, 0) is 9.63 Å². The van der Waals surface area contributed by atoms with Crippen LogP contribution in [0.2, 0.25) is 0 Å². The fourth-order valence-electron chi connectivity index (χ4n) is 4.36. The van der Waals surface area contributed by atoms with Gasteiger partial charge in [-0.1, -0.05) is 71.9 Å². The van der Waals surface area contributed by atoms with Crippen LogP contribution >= 0.6 is 0 Å². The van der Waals surface area contributed by atoms with Gasteiger partial charge in [0.2, 0.25) is 5.91 Å². The molecule has 2 N–H and O–H groups in total. The molecule has 180 valence electrons. The number of likely N-dealkylation sites (tertiary alicyclic amines) is 1. The maximum Gasteiger partial charge on any atom is 0.254 e. The van der Waals surface area contributed by atoms with Crippen LogP contribution in [0.4, 0.5) is 0 Å². The number of carbonyl (C=O) groups excluding carboxylic acids is 2. The first kappa shape index (κ1) is 24.2. The predicted octanol–water partition coefficient (Wildman–Crippen LogP) is 3.73. The predicted molar refractivity (Wildman–Crippen MR) is 135 cm³/mol. The third kappa shape index (κ3) is 5.58. The summed E-state index contributed by atoms with van der Waals surface area (Å²) in [6, 6.07) is 23.9. The zero-order valence-electron chi connectivity index (χ0n) is 19.8. The number of oxime groups is 1. The molecule has 0 bridgehead atoms. The number of hydrogen-bond donors (Lipinski definition) is 2. The number of rotatable bonds is 7. The van der Waals surface area contributed by atoms with Crippen LogP contribution in [0.15, 0.2) is 84.0 Å². The van der Waals surface area contributed by atoms with Crippen LogP contribution in [0.3, 0.4) is 0 Å². The lowest BCUT2D eigenvalue weighted by atomic mass is 9.98. The Balaban J connectivity index is 1.51. The lowest BCUT2D eigenvalue weighted by molar-refractivity contribution is -0.125. The van der Waals surface area contributed by atoms with E-state index in [1.165, 1.54) is 12.0 Å². The maximum atomic E-state index is 13.5. The molecule has 7 heteroatoms. The van der Waals surface area contributed by atoms with Crippen molar-refractivity contribution in [3.05, 3.63) is 95.6 Å². The molecule has 35 heavy (non-hydrogen) atoms. The Kier molecular flexibility index (Phi) is 7.57. The van der Waals surface area contributed by atoms with E-state index in [-0.39, 0.29) is 31.3 Å². The Bertz CT molecular complexity index is 1210. The quantitative estimate of drug-likeness (QED) is 0.514. The zero-order chi connectivity index (χ0) is 24.8. The van der Waals surface area contributed by atoms with E-state index < -0.39 is 12.1 Å². The zero-order valence-corrected chi connectivity index (χ0v) is 19.8. The van der Waals surface area contributed by atoms with Crippen molar-refractivity contribution in [2.75, 3.05) is 20.2 Å². The van der Waals surface area contributed by atoms with E-state index >= 15 is 0 Å². The molecule has 1 heterocycles. The van der Waals surface area contributed by atoms with Crippen molar-refractivity contribution < 1.29 is 19.5 Å². The van der Waals surface area contributed by atoms with Gasteiger partial charge < -0.3 is 20.2 Å². The minimum Gasteiger partial charge on any atom is -0.399 e. The fraction of sp³-hybridized carbons (Fsp3) is 0.250. The lowest BCUT2D eigenvalue weighted by Crippen LogP contribution is -2.46. The van der Waals surface area contributed by atoms with Crippen LogP contribution in [0.25, 0.3) is 11.1 Å². The number of aryl methyl sites for hydroxylation is 1. The molecule has 0 saturated carbocycles. The Morgan fingerprint density at radius 1 is 1.09 bits per heavy atom. The second-order valence-electron chi connectivity index (χ2n) is 8.56. The van der Waals surface area contributed by atoms with Crippen LogP contribution in [-0.4, -0.2) is 53.8 Å². The highest BCUT2D eigenvalue weighted by molar-refractivity contribution is 6.05. The van der Waals surface area contributed by atoms with Crippen LogP contribution < -0.4 is 5.32 Å². The molecule has 1 saturated heterocycles. The number of hydrogen-bond acceptors (Lipinski definition) is 5. The second-order valence-corrected chi connectivity index (χ2v) is 8.56. The number of nitrogens with one attached hydrogen (secondary N) is 1. The largest absolute Gasteiger partial charge is 0.399 e. The molecule has 3 aromatic carbocycles. The van der Waals surface area contributed by atoms with Crippen LogP contribution in [0.5, 0.6) is 0 Å². The first-order valence-corrected chi connectivity index (χ1v) is 11.5. The molecule has 7 nitrogen and oxygen atoms in total. The minimum absolute atomic E-state index is 0.0447. The van der Waals surface area contributed by atoms with Crippen LogP contribution in [0, 0.1) is 6.92 Å². The molecular formula is C28H29N3O4. The Labute approximate surface area is 205 Å². The van der Waals surface area contributed by atoms with Gasteiger partial charge in [-0.05, 0) is 41.3 Å². The molecule has 2 atom stereocenters. The van der Waals surface area contributed by atoms with E-state index in [1.54, 1.807) is 18.2 Å². The van der Waals surface area contributed by atoms with E-state index in [0.29, 0.717) is 16.8 Å². The van der Waals surface area contributed by atoms with Gasteiger partial charge in [0.15, 0.2) is 0 Å². The minimum atomic E-state index is -0.842. The molecule has 0 radical (unpaired) electrons. The molecular weight excluding hydrogens is 442 g/mol. The third-order valence-corrected chi connectivity index (χ3v) is 6.15. The first-order chi connectivity index (χ1) is 17.0. The summed E-state index contributed by atoms with van der Waals surface area (Å²) >= 11 is 0. The maximum absolute atomic E-state index is 13.5. The summed E-state index contributed by atoms with van der Waals surface area (Å²) in [4.78, 5) is 33.0. The molecule has 1 aliphatic heterocycles. The van der Waals surface area contributed by atoms with Crippen molar-refractivity contribution in [3.63, 3.8) is 0 Å². The average Bonchev–Trinajstić information content (AvgIpc) is 3.32. The summed E-state index contributed by atoms with van der Waals surface area (Å²) < 4.78 is 0. The van der Waals surface area contributed by atoms with Gasteiger partial charge in [0, 0.05) is 18.5 Å². The summed E-state index contributed by atoms with van der Waals surface area (Å²) in [6.07, 6.45) is -0.570. The topological polar surface area (TPSA) is 91.2 Å². The van der Waals surface area contributed by atoms with Crippen molar-refractivity contribution in [1.82, 2.24) is 10.2 Å². The van der Waals surface area contributed by atoms with E-state index in [1.807, 2.05) is 67.6 Å². The lowest BCUT2D eigenvalue weighted by Gasteiger charge is -2.24. The molecule has 0 spiro atoms. The number of benzene rings is 3. The number of carbonyl (C=O) groups is 2. The van der Waals surface area contributed by atoms with Crippen LogP contribution in [0.1, 0.15) is 34.0 Å². The highest BCUT2D eigenvalue weighted by Crippen LogP contribution is 2.26. The van der Waals surface area contributed by atoms with Crippen molar-refractivity contribution in [2.24, 2.45) is 5.16 Å². The highest BCUT2D eigenvalue weighted by Gasteiger charge is 2.38. The van der Waals surface area contributed by atoms with Gasteiger partial charge in [0.25, 0.3) is 5.91 Å². The molecule has 2 amide bonds. The molecule has 3 aromatic rings. The highest BCUT2D eigenvalue weighted by atomic mass is 16.6. The number of aliphatic hydroxyl groups is 1. The summed E-state index contributed by atoms with van der Waals surface area (Å²) in [5.41, 5.74) is 4.93. The van der Waals surface area contributed by atoms with Gasteiger partial charge in [-0.25, -0.2) is 0 Å². The molecule has 1 aliphatic rings. The standard InChI is InChI=1S/C28H29N3O4/c1-19-15-22(13-14-24(19)20-9-5-3-6-10-20)28(34)31-18-23(30-35-2)16-25(31)27(33)29-17-26(32)21-11-7-4-8-12-21/h3-15,25-26,32H,16-18H2,1-2H3,(H,29,33)/b30-23+/t25-,26-/m0/s1. The summed E-state index contributed by atoms with van der Waals surface area (Å²) in [5, 5.41) is 17.2. The van der Waals surface area contributed by atoms with E-state index in [2.05, 4.69) is 10.5 Å². The van der Waals surface area contributed by atoms with Gasteiger partial charge in [-0.2, -0.15) is 0 Å². The first-order valence-electron chi connectivity index (χ1n) is 11.5. The third-order valence-electron chi connectivity index (χ3n) is 6.15. The van der Waals surface area contributed by atoms with E-state index in [9.17, 15) is 14.7 Å². The summed E-state index contributed by atoms with van der Waals surface area (Å²) in [6.45, 7) is 2.21. The van der Waals surface area contributed by atoms with Gasteiger partial charge in [0.1, 0.15) is 13.2 Å². The number of amides is 2. The molecule has 1 fully saturated rings. The fourth-order valence-corrected chi connectivity index (χ4v) is 4.36. The van der Waals surface area contributed by atoms with Crippen molar-refractivity contribution in [3.8, 4) is 11.1 Å². The van der Waals surface area contributed by atoms with Crippen molar-refractivity contribution in [2.45, 2.75) is 25.5 Å².